The SMILES string of the molecule is O=C(O)c1ccccc1-c1nc2c(Br)cc(Br)cc2[nH]1. The van der Waals surface area contributed by atoms with E-state index in [0.29, 0.717) is 11.4 Å². The Morgan fingerprint density at radius 3 is 2.70 bits per heavy atom. The lowest BCUT2D eigenvalue weighted by atomic mass is 10.1. The van der Waals surface area contributed by atoms with Crippen LogP contribution in [0.1, 0.15) is 10.4 Å². The van der Waals surface area contributed by atoms with Crippen molar-refractivity contribution < 1.29 is 9.90 Å². The number of carboxylic acid groups (broad SMARTS) is 1. The molecule has 0 unspecified atom stereocenters. The summed E-state index contributed by atoms with van der Waals surface area (Å²) in [7, 11) is 0. The molecule has 0 saturated carbocycles. The van der Waals surface area contributed by atoms with Crippen LogP contribution in [0.25, 0.3) is 22.4 Å². The predicted octanol–water partition coefficient (Wildman–Crippen LogP) is 4.45. The number of H-pyrrole nitrogens is 1. The second-order valence-electron chi connectivity index (χ2n) is 4.22. The van der Waals surface area contributed by atoms with Crippen LogP contribution in [0.3, 0.4) is 0 Å². The molecule has 0 amide bonds. The highest BCUT2D eigenvalue weighted by Gasteiger charge is 2.15. The van der Waals surface area contributed by atoms with Gasteiger partial charge in [-0.2, -0.15) is 0 Å². The third-order valence-corrected chi connectivity index (χ3v) is 3.98. The van der Waals surface area contributed by atoms with Crippen molar-refractivity contribution in [1.82, 2.24) is 9.97 Å². The summed E-state index contributed by atoms with van der Waals surface area (Å²) in [4.78, 5) is 18.9. The zero-order chi connectivity index (χ0) is 14.3. The normalized spacial score (nSPS) is 10.9. The van der Waals surface area contributed by atoms with Gasteiger partial charge in [0, 0.05) is 14.5 Å². The zero-order valence-corrected chi connectivity index (χ0v) is 13.2. The molecule has 2 N–H and O–H groups in total. The van der Waals surface area contributed by atoms with Gasteiger partial charge in [-0.05, 0) is 34.1 Å². The summed E-state index contributed by atoms with van der Waals surface area (Å²) in [5.74, 6) is -0.432. The lowest BCUT2D eigenvalue weighted by molar-refractivity contribution is 0.0697. The van der Waals surface area contributed by atoms with Gasteiger partial charge in [0.2, 0.25) is 0 Å². The summed E-state index contributed by atoms with van der Waals surface area (Å²) in [6.45, 7) is 0. The van der Waals surface area contributed by atoms with E-state index in [-0.39, 0.29) is 5.56 Å². The van der Waals surface area contributed by atoms with Crippen molar-refractivity contribution in [1.29, 1.82) is 0 Å². The molecule has 0 spiro atoms. The van der Waals surface area contributed by atoms with Crippen LogP contribution >= 0.6 is 31.9 Å². The third kappa shape index (κ3) is 2.25. The zero-order valence-electron chi connectivity index (χ0n) is 10.0. The van der Waals surface area contributed by atoms with E-state index in [1.807, 2.05) is 12.1 Å². The van der Waals surface area contributed by atoms with Crippen molar-refractivity contribution in [2.24, 2.45) is 0 Å². The molecule has 6 heteroatoms. The molecule has 1 heterocycles. The van der Waals surface area contributed by atoms with Crippen LogP contribution in [0, 0.1) is 0 Å². The highest BCUT2D eigenvalue weighted by Crippen LogP contribution is 2.30. The average Bonchev–Trinajstić information content (AvgIpc) is 2.82. The van der Waals surface area contributed by atoms with Crippen LogP contribution in [0.15, 0.2) is 45.3 Å². The number of halogens is 2. The van der Waals surface area contributed by atoms with Gasteiger partial charge in [-0.25, -0.2) is 9.78 Å². The minimum absolute atomic E-state index is 0.224. The van der Waals surface area contributed by atoms with Crippen LogP contribution in [0.4, 0.5) is 0 Å². The number of carboxylic acids is 1. The molecule has 20 heavy (non-hydrogen) atoms. The average molecular weight is 396 g/mol. The van der Waals surface area contributed by atoms with E-state index in [9.17, 15) is 9.90 Å². The van der Waals surface area contributed by atoms with E-state index in [1.54, 1.807) is 24.3 Å². The molecule has 0 aliphatic rings. The van der Waals surface area contributed by atoms with Gasteiger partial charge in [0.25, 0.3) is 0 Å². The first-order chi connectivity index (χ1) is 9.56. The number of fused-ring (bicyclic) bond motifs is 1. The molecule has 0 saturated heterocycles. The minimum atomic E-state index is -0.971. The Kier molecular flexibility index (Phi) is 3.35. The number of nitrogens with zero attached hydrogens (tertiary/aromatic N) is 1. The number of aromatic carboxylic acids is 1. The molecule has 2 aromatic carbocycles. The summed E-state index contributed by atoms with van der Waals surface area (Å²) in [6, 6.07) is 10.6. The highest BCUT2D eigenvalue weighted by molar-refractivity contribution is 9.11. The molecule has 3 aromatic rings. The summed E-state index contributed by atoms with van der Waals surface area (Å²) in [5.41, 5.74) is 2.39. The standard InChI is InChI=1S/C14H8Br2N2O2/c15-7-5-10(16)12-11(6-7)17-13(18-12)8-3-1-2-4-9(8)14(19)20/h1-6H,(H,17,18)(H,19,20). The summed E-state index contributed by atoms with van der Waals surface area (Å²) in [6.07, 6.45) is 0. The van der Waals surface area contributed by atoms with Crippen LogP contribution in [0.2, 0.25) is 0 Å². The first kappa shape index (κ1) is 13.3. The molecular formula is C14H8Br2N2O2. The minimum Gasteiger partial charge on any atom is -0.478 e. The Morgan fingerprint density at radius 1 is 1.20 bits per heavy atom. The van der Waals surface area contributed by atoms with Crippen LogP contribution in [-0.4, -0.2) is 21.0 Å². The lowest BCUT2D eigenvalue weighted by Crippen LogP contribution is -1.99. The van der Waals surface area contributed by atoms with E-state index < -0.39 is 5.97 Å². The summed E-state index contributed by atoms with van der Waals surface area (Å²) < 4.78 is 1.76. The number of aromatic nitrogens is 2. The van der Waals surface area contributed by atoms with Crippen LogP contribution in [-0.2, 0) is 0 Å². The maximum atomic E-state index is 11.3. The molecule has 4 nitrogen and oxygen atoms in total. The Balaban J connectivity index is 2.26. The van der Waals surface area contributed by atoms with E-state index in [1.165, 1.54) is 0 Å². The van der Waals surface area contributed by atoms with Gasteiger partial charge in [-0.1, -0.05) is 34.1 Å². The molecular weight excluding hydrogens is 388 g/mol. The van der Waals surface area contributed by atoms with Gasteiger partial charge >= 0.3 is 5.97 Å². The van der Waals surface area contributed by atoms with Gasteiger partial charge in [0.1, 0.15) is 11.3 Å². The summed E-state index contributed by atoms with van der Waals surface area (Å²) >= 11 is 6.87. The van der Waals surface area contributed by atoms with Gasteiger partial charge < -0.3 is 10.1 Å². The van der Waals surface area contributed by atoms with E-state index >= 15 is 0 Å². The fraction of sp³-hybridized carbons (Fsp3) is 0. The molecule has 0 atom stereocenters. The fourth-order valence-electron chi connectivity index (χ4n) is 2.05. The van der Waals surface area contributed by atoms with Crippen molar-refractivity contribution in [2.45, 2.75) is 0 Å². The fourth-order valence-corrected chi connectivity index (χ4v) is 3.36. The monoisotopic (exact) mass is 394 g/mol. The number of carbonyl (C=O) groups is 1. The molecule has 3 rings (SSSR count). The molecule has 0 radical (unpaired) electrons. The van der Waals surface area contributed by atoms with Gasteiger partial charge in [0.05, 0.1) is 11.1 Å². The Bertz CT molecular complexity index is 827. The van der Waals surface area contributed by atoms with Gasteiger partial charge in [0.15, 0.2) is 0 Å². The molecule has 100 valence electrons. The molecule has 0 bridgehead atoms. The van der Waals surface area contributed by atoms with Crippen molar-refractivity contribution in [3.8, 4) is 11.4 Å². The Morgan fingerprint density at radius 2 is 1.95 bits per heavy atom. The molecule has 0 aliphatic heterocycles. The number of benzene rings is 2. The first-order valence-corrected chi connectivity index (χ1v) is 7.32. The number of hydrogen-bond acceptors (Lipinski definition) is 2. The number of aromatic amines is 1. The van der Waals surface area contributed by atoms with E-state index in [4.69, 9.17) is 0 Å². The largest absolute Gasteiger partial charge is 0.478 e. The van der Waals surface area contributed by atoms with Gasteiger partial charge in [-0.15, -0.1) is 0 Å². The predicted molar refractivity (Wildman–Crippen MR) is 83.9 cm³/mol. The summed E-state index contributed by atoms with van der Waals surface area (Å²) in [5, 5.41) is 9.24. The topological polar surface area (TPSA) is 66.0 Å². The van der Waals surface area contributed by atoms with Crippen molar-refractivity contribution in [3.63, 3.8) is 0 Å². The third-order valence-electron chi connectivity index (χ3n) is 2.92. The van der Waals surface area contributed by atoms with E-state index in [2.05, 4.69) is 41.8 Å². The van der Waals surface area contributed by atoms with E-state index in [0.717, 1.165) is 20.0 Å². The Hall–Kier alpha value is -1.66. The maximum Gasteiger partial charge on any atom is 0.336 e. The van der Waals surface area contributed by atoms with Crippen LogP contribution < -0.4 is 0 Å². The number of rotatable bonds is 2. The maximum absolute atomic E-state index is 11.3. The van der Waals surface area contributed by atoms with Crippen LogP contribution in [0.5, 0.6) is 0 Å². The van der Waals surface area contributed by atoms with Crippen molar-refractivity contribution >= 4 is 48.9 Å². The number of hydrogen-bond donors (Lipinski definition) is 2. The lowest BCUT2D eigenvalue weighted by Gasteiger charge is -2.01. The molecule has 1 aromatic heterocycles. The van der Waals surface area contributed by atoms with Crippen molar-refractivity contribution in [2.75, 3.05) is 0 Å². The quantitative estimate of drug-likeness (QED) is 0.673. The second kappa shape index (κ2) is 5.03. The number of imidazole rings is 1. The highest BCUT2D eigenvalue weighted by atomic mass is 79.9. The first-order valence-electron chi connectivity index (χ1n) is 5.73. The molecule has 0 fully saturated rings. The van der Waals surface area contributed by atoms with Gasteiger partial charge in [-0.3, -0.25) is 0 Å². The Labute approximate surface area is 131 Å². The smallest absolute Gasteiger partial charge is 0.336 e. The molecule has 0 aliphatic carbocycles. The van der Waals surface area contributed by atoms with Crippen molar-refractivity contribution in [3.05, 3.63) is 50.9 Å². The second-order valence-corrected chi connectivity index (χ2v) is 5.99. The number of nitrogens with one attached hydrogen (secondary N) is 1.